The summed E-state index contributed by atoms with van der Waals surface area (Å²) in [5.41, 5.74) is 0.324. The topological polar surface area (TPSA) is 99.0 Å². The molecule has 178 valence electrons. The van der Waals surface area contributed by atoms with E-state index in [1.807, 2.05) is 0 Å². The number of rotatable bonds is 11. The van der Waals surface area contributed by atoms with Crippen molar-refractivity contribution in [2.24, 2.45) is 10.2 Å². The molecular formula is C22H25Cl2N3O6. The van der Waals surface area contributed by atoms with Crippen LogP contribution in [0.1, 0.15) is 20.8 Å². The molecule has 33 heavy (non-hydrogen) atoms. The van der Waals surface area contributed by atoms with Gasteiger partial charge in [-0.1, -0.05) is 17.7 Å². The third-order valence-corrected chi connectivity index (χ3v) is 4.84. The summed E-state index contributed by atoms with van der Waals surface area (Å²) in [6.45, 7) is 5.44. The first-order valence-electron chi connectivity index (χ1n) is 10.00. The summed E-state index contributed by atoms with van der Waals surface area (Å²) < 4.78 is 22.5. The molecule has 0 heterocycles. The number of nitrogens with zero attached hydrogens (tertiary/aromatic N) is 3. The van der Waals surface area contributed by atoms with E-state index in [9.17, 15) is 9.59 Å². The predicted molar refractivity (Wildman–Crippen MR) is 126 cm³/mol. The van der Waals surface area contributed by atoms with Crippen LogP contribution in [0.15, 0.2) is 40.6 Å². The second-order valence-corrected chi connectivity index (χ2v) is 7.25. The number of halogens is 2. The minimum absolute atomic E-state index is 0.132. The molecule has 0 aromatic heterocycles. The number of carbonyl (C=O) groups is 2. The van der Waals surface area contributed by atoms with Crippen LogP contribution in [0.3, 0.4) is 0 Å². The van der Waals surface area contributed by atoms with Crippen LogP contribution >= 0.6 is 23.4 Å². The Morgan fingerprint density at radius 3 is 1.94 bits per heavy atom. The maximum atomic E-state index is 13.1. The van der Waals surface area contributed by atoms with Gasteiger partial charge in [-0.2, -0.15) is 5.11 Å². The molecule has 0 radical (unpaired) electrons. The SMILES string of the molecule is CCOc1cc(Cl)cc(OCC)c1N=NC(C(C)=O)C(=O)N(Cl)c1c(OC)cccc1OC. The predicted octanol–water partition coefficient (Wildman–Crippen LogP) is 5.38. The van der Waals surface area contributed by atoms with Gasteiger partial charge in [0.25, 0.3) is 5.91 Å². The number of ether oxygens (including phenoxy) is 4. The van der Waals surface area contributed by atoms with E-state index >= 15 is 0 Å². The Morgan fingerprint density at radius 1 is 1.00 bits per heavy atom. The van der Waals surface area contributed by atoms with Gasteiger partial charge in [-0.3, -0.25) is 9.59 Å². The normalized spacial score (nSPS) is 11.7. The van der Waals surface area contributed by atoms with E-state index in [-0.39, 0.29) is 22.9 Å². The zero-order chi connectivity index (χ0) is 24.5. The monoisotopic (exact) mass is 497 g/mol. The van der Waals surface area contributed by atoms with Crippen LogP contribution < -0.4 is 23.4 Å². The van der Waals surface area contributed by atoms with Gasteiger partial charge in [-0.05, 0) is 32.9 Å². The fraction of sp³-hybridized carbons (Fsp3) is 0.364. The maximum Gasteiger partial charge on any atom is 0.276 e. The van der Waals surface area contributed by atoms with Crippen molar-refractivity contribution in [2.75, 3.05) is 31.9 Å². The van der Waals surface area contributed by atoms with E-state index in [1.54, 1.807) is 44.2 Å². The molecule has 0 spiro atoms. The van der Waals surface area contributed by atoms with Crippen LogP contribution in [-0.2, 0) is 9.59 Å². The number of benzene rings is 2. The third kappa shape index (κ3) is 6.27. The van der Waals surface area contributed by atoms with Crippen LogP contribution in [0.2, 0.25) is 5.02 Å². The molecule has 2 aromatic rings. The number of carbonyl (C=O) groups excluding carboxylic acids is 2. The van der Waals surface area contributed by atoms with Gasteiger partial charge in [0.2, 0.25) is 6.04 Å². The van der Waals surface area contributed by atoms with Crippen LogP contribution in [-0.4, -0.2) is 45.2 Å². The number of hydrogen-bond donors (Lipinski definition) is 0. The van der Waals surface area contributed by atoms with E-state index in [4.69, 9.17) is 42.3 Å². The average molecular weight is 498 g/mol. The van der Waals surface area contributed by atoms with Crippen LogP contribution in [0.25, 0.3) is 0 Å². The Labute approximate surface area is 202 Å². The van der Waals surface area contributed by atoms with Gasteiger partial charge in [0.05, 0.1) is 27.4 Å². The zero-order valence-corrected chi connectivity index (χ0v) is 20.4. The molecule has 2 aromatic carbocycles. The number of amides is 1. The second kappa shape index (κ2) is 12.3. The second-order valence-electron chi connectivity index (χ2n) is 6.48. The highest BCUT2D eigenvalue weighted by molar-refractivity contribution is 6.40. The van der Waals surface area contributed by atoms with E-state index in [2.05, 4.69) is 10.2 Å². The Bertz CT molecular complexity index is 982. The Balaban J connectivity index is 2.49. The molecule has 0 fully saturated rings. The van der Waals surface area contributed by atoms with E-state index in [0.29, 0.717) is 29.7 Å². The molecule has 1 unspecified atom stereocenters. The summed E-state index contributed by atoms with van der Waals surface area (Å²) in [7, 11) is 2.83. The highest BCUT2D eigenvalue weighted by Gasteiger charge is 2.32. The first-order valence-corrected chi connectivity index (χ1v) is 10.7. The number of ketones is 1. The number of hydrogen-bond acceptors (Lipinski definition) is 8. The van der Waals surface area contributed by atoms with Crippen LogP contribution in [0.5, 0.6) is 23.0 Å². The van der Waals surface area contributed by atoms with E-state index in [1.165, 1.54) is 21.1 Å². The van der Waals surface area contributed by atoms with Crippen molar-refractivity contribution in [1.82, 2.24) is 0 Å². The quantitative estimate of drug-likeness (QED) is 0.234. The molecule has 0 aliphatic rings. The van der Waals surface area contributed by atoms with Gasteiger partial charge >= 0.3 is 0 Å². The molecule has 0 aliphatic heterocycles. The third-order valence-electron chi connectivity index (χ3n) is 4.29. The zero-order valence-electron chi connectivity index (χ0n) is 18.9. The van der Waals surface area contributed by atoms with Crippen molar-refractivity contribution >= 4 is 46.4 Å². The van der Waals surface area contributed by atoms with Crippen LogP contribution in [0, 0.1) is 0 Å². The lowest BCUT2D eigenvalue weighted by Gasteiger charge is -2.21. The fourth-order valence-corrected chi connectivity index (χ4v) is 3.30. The Hall–Kier alpha value is -3.04. The molecule has 1 atom stereocenters. The lowest BCUT2D eigenvalue weighted by molar-refractivity contribution is -0.126. The van der Waals surface area contributed by atoms with E-state index < -0.39 is 17.7 Å². The fourth-order valence-electron chi connectivity index (χ4n) is 2.84. The minimum Gasteiger partial charge on any atom is -0.494 e. The number of para-hydroxylation sites is 1. The van der Waals surface area contributed by atoms with E-state index in [0.717, 1.165) is 4.42 Å². The summed E-state index contributed by atoms with van der Waals surface area (Å²) in [4.78, 5) is 25.5. The molecular weight excluding hydrogens is 473 g/mol. The highest BCUT2D eigenvalue weighted by Crippen LogP contribution is 2.42. The van der Waals surface area contributed by atoms with Crippen LogP contribution in [0.4, 0.5) is 11.4 Å². The van der Waals surface area contributed by atoms with Crippen molar-refractivity contribution in [3.8, 4) is 23.0 Å². The summed E-state index contributed by atoms with van der Waals surface area (Å²) in [5.74, 6) is -0.297. The standard InChI is InChI=1S/C22H25Cl2N3O6/c1-6-32-17-11-14(23)12-18(33-7-2)20(17)26-25-19(13(3)28)22(29)27(24)21-15(30-4)9-8-10-16(21)31-5/h8-12,19H,6-7H2,1-5H3. The number of azo groups is 1. The smallest absolute Gasteiger partial charge is 0.276 e. The Kier molecular flexibility index (Phi) is 9.74. The summed E-state index contributed by atoms with van der Waals surface area (Å²) in [5, 5.41) is 8.47. The van der Waals surface area contributed by atoms with Gasteiger partial charge in [0.15, 0.2) is 23.0 Å². The molecule has 9 nitrogen and oxygen atoms in total. The minimum atomic E-state index is -1.54. The van der Waals surface area contributed by atoms with Gasteiger partial charge in [0.1, 0.15) is 17.2 Å². The van der Waals surface area contributed by atoms with Gasteiger partial charge < -0.3 is 18.9 Å². The molecule has 0 N–H and O–H groups in total. The maximum absolute atomic E-state index is 13.1. The first kappa shape index (κ1) is 26.2. The molecule has 0 aliphatic carbocycles. The van der Waals surface area contributed by atoms with Crippen molar-refractivity contribution in [2.45, 2.75) is 26.8 Å². The largest absolute Gasteiger partial charge is 0.494 e. The van der Waals surface area contributed by atoms with Gasteiger partial charge in [-0.25, -0.2) is 4.42 Å². The summed E-state index contributed by atoms with van der Waals surface area (Å²) >= 11 is 12.5. The van der Waals surface area contributed by atoms with Crippen molar-refractivity contribution < 1.29 is 28.5 Å². The van der Waals surface area contributed by atoms with Gasteiger partial charge in [-0.15, -0.1) is 5.11 Å². The summed E-state index contributed by atoms with van der Waals surface area (Å²) in [6.07, 6.45) is 0. The number of anilines is 1. The van der Waals surface area contributed by atoms with Gasteiger partial charge in [0, 0.05) is 28.9 Å². The average Bonchev–Trinajstić information content (AvgIpc) is 2.79. The lowest BCUT2D eigenvalue weighted by atomic mass is 10.2. The van der Waals surface area contributed by atoms with Crippen molar-refractivity contribution in [1.29, 1.82) is 0 Å². The molecule has 0 saturated carbocycles. The van der Waals surface area contributed by atoms with Crippen molar-refractivity contribution in [3.63, 3.8) is 0 Å². The molecule has 2 rings (SSSR count). The molecule has 0 bridgehead atoms. The molecule has 11 heteroatoms. The molecule has 1 amide bonds. The lowest BCUT2D eigenvalue weighted by Crippen LogP contribution is -2.36. The number of Topliss-reactive ketones (excluding diaryl/α,β-unsaturated/α-hetero) is 1. The first-order chi connectivity index (χ1) is 15.8. The number of methoxy groups -OCH3 is 2. The molecule has 0 saturated heterocycles. The highest BCUT2D eigenvalue weighted by atomic mass is 35.5. The Morgan fingerprint density at radius 2 is 1.52 bits per heavy atom. The van der Waals surface area contributed by atoms with Crippen molar-refractivity contribution in [3.05, 3.63) is 35.4 Å². The summed E-state index contributed by atoms with van der Waals surface area (Å²) in [6, 6.07) is 6.41.